The molecular weight excluding hydrogens is 68.0 g/mol. The molecule has 0 aliphatic heterocycles. The van der Waals surface area contributed by atoms with Gasteiger partial charge < -0.3 is 10.2 Å². The van der Waals surface area contributed by atoms with Crippen molar-refractivity contribution in [3.05, 3.63) is 12.0 Å². The van der Waals surface area contributed by atoms with Crippen molar-refractivity contribution in [2.45, 2.75) is 6.92 Å². The predicted molar refractivity (Wildman–Crippen MR) is 19.0 cm³/mol. The molecule has 0 saturated heterocycles. The normalized spacial score (nSPS) is 11.8. The van der Waals surface area contributed by atoms with Gasteiger partial charge in [-0.25, -0.2) is 0 Å². The maximum absolute atomic E-state index is 7.97. The average molecular weight is 74.1 g/mol. The summed E-state index contributed by atoms with van der Waals surface area (Å²) in [6.07, 6.45) is 0.639. The van der Waals surface area contributed by atoms with Gasteiger partial charge in [-0.1, -0.05) is 0 Å². The third-order valence-corrected chi connectivity index (χ3v) is 0.187. The molecule has 0 heterocycles. The van der Waals surface area contributed by atoms with Crippen molar-refractivity contribution in [2.75, 3.05) is 0 Å². The number of rotatable bonds is 0. The average Bonchev–Trinajstić information content (AvgIpc) is 1.38. The Bertz CT molecular complexity index is 42.9. The fraction of sp³-hybridized carbons (Fsp3) is 0.333. The van der Waals surface area contributed by atoms with Crippen molar-refractivity contribution in [1.82, 2.24) is 0 Å². The van der Waals surface area contributed by atoms with Gasteiger partial charge in [-0.3, -0.25) is 0 Å². The summed E-state index contributed by atoms with van der Waals surface area (Å²) in [6, 6.07) is 0. The summed E-state index contributed by atoms with van der Waals surface area (Å²) in [7, 11) is 0. The van der Waals surface area contributed by atoms with Gasteiger partial charge in [0, 0.05) is 0 Å². The number of hydrogen-bond donors (Lipinski definition) is 2. The number of allylic oxidation sites excluding steroid dienone is 1. The van der Waals surface area contributed by atoms with E-state index < -0.39 is 0 Å². The molecule has 0 unspecified atom stereocenters. The molecule has 0 aliphatic carbocycles. The van der Waals surface area contributed by atoms with Gasteiger partial charge in [-0.15, -0.1) is 0 Å². The standard InChI is InChI=1S/C3H6O2/c1-3(5)2-4/h2,4-5H,1H3. The van der Waals surface area contributed by atoms with Crippen LogP contribution in [0.25, 0.3) is 0 Å². The van der Waals surface area contributed by atoms with Gasteiger partial charge in [0.25, 0.3) is 0 Å². The van der Waals surface area contributed by atoms with E-state index in [1.807, 2.05) is 0 Å². The van der Waals surface area contributed by atoms with Crippen LogP contribution in [0, 0.1) is 0 Å². The highest BCUT2D eigenvalue weighted by molar-refractivity contribution is 4.74. The first-order valence-electron chi connectivity index (χ1n) is 1.27. The van der Waals surface area contributed by atoms with Gasteiger partial charge in [0.2, 0.25) is 0 Å². The summed E-state index contributed by atoms with van der Waals surface area (Å²) in [5.41, 5.74) is 0. The van der Waals surface area contributed by atoms with E-state index in [-0.39, 0.29) is 5.76 Å². The quantitative estimate of drug-likeness (QED) is 0.420. The van der Waals surface area contributed by atoms with Crippen molar-refractivity contribution in [3.63, 3.8) is 0 Å². The Morgan fingerprint density at radius 1 is 1.80 bits per heavy atom. The summed E-state index contributed by atoms with van der Waals surface area (Å²) < 4.78 is 0. The van der Waals surface area contributed by atoms with Crippen molar-refractivity contribution >= 4 is 0 Å². The molecule has 0 bridgehead atoms. The van der Waals surface area contributed by atoms with E-state index in [2.05, 4.69) is 0 Å². The van der Waals surface area contributed by atoms with E-state index in [0.29, 0.717) is 6.26 Å². The fourth-order valence-corrected chi connectivity index (χ4v) is 0. The Labute approximate surface area is 30.4 Å². The van der Waals surface area contributed by atoms with Crippen molar-refractivity contribution in [1.29, 1.82) is 0 Å². The number of aliphatic hydroxyl groups is 2. The van der Waals surface area contributed by atoms with Gasteiger partial charge >= 0.3 is 0 Å². The summed E-state index contributed by atoms with van der Waals surface area (Å²) >= 11 is 0. The predicted octanol–water partition coefficient (Wildman–Crippen LogP) is 0.964. The zero-order valence-electron chi connectivity index (χ0n) is 2.97. The lowest BCUT2D eigenvalue weighted by Crippen LogP contribution is -1.63. The fourth-order valence-electron chi connectivity index (χ4n) is 0. The first kappa shape index (κ1) is 4.34. The molecule has 2 N–H and O–H groups in total. The highest BCUT2D eigenvalue weighted by Crippen LogP contribution is 1.74. The molecule has 30 valence electrons. The lowest BCUT2D eigenvalue weighted by molar-refractivity contribution is 0.363. The second-order valence-electron chi connectivity index (χ2n) is 0.770. The summed E-state index contributed by atoms with van der Waals surface area (Å²) in [6.45, 7) is 1.39. The molecule has 2 nitrogen and oxygen atoms in total. The van der Waals surface area contributed by atoms with E-state index >= 15 is 0 Å². The van der Waals surface area contributed by atoms with E-state index in [9.17, 15) is 0 Å². The zero-order valence-corrected chi connectivity index (χ0v) is 2.97. The Hall–Kier alpha value is -0.660. The highest BCUT2D eigenvalue weighted by Gasteiger charge is 1.66. The molecule has 0 aliphatic rings. The molecule has 0 fully saturated rings. The van der Waals surface area contributed by atoms with Crippen LogP contribution in [0.4, 0.5) is 0 Å². The zero-order chi connectivity index (χ0) is 4.28. The largest absolute Gasteiger partial charge is 0.512 e. The minimum absolute atomic E-state index is 0.0648. The Morgan fingerprint density at radius 3 is 2.00 bits per heavy atom. The first-order valence-corrected chi connectivity index (χ1v) is 1.27. The van der Waals surface area contributed by atoms with Crippen LogP contribution < -0.4 is 0 Å². The minimum atomic E-state index is -0.0648. The molecule has 0 atom stereocenters. The Balaban J connectivity index is 3.14. The van der Waals surface area contributed by atoms with Crippen LogP contribution in [0.1, 0.15) is 6.92 Å². The number of aliphatic hydroxyl groups excluding tert-OH is 2. The summed E-state index contributed by atoms with van der Waals surface area (Å²) in [5.74, 6) is -0.0648. The van der Waals surface area contributed by atoms with Gasteiger partial charge in [0.15, 0.2) is 0 Å². The first-order chi connectivity index (χ1) is 2.27. The van der Waals surface area contributed by atoms with Gasteiger partial charge in [0.1, 0.15) is 12.0 Å². The second kappa shape index (κ2) is 1.64. The van der Waals surface area contributed by atoms with Crippen LogP contribution in [-0.2, 0) is 0 Å². The molecular formula is C3H6O2. The molecule has 0 aromatic rings. The van der Waals surface area contributed by atoms with Crippen LogP contribution in [-0.4, -0.2) is 10.2 Å². The molecule has 0 spiro atoms. The van der Waals surface area contributed by atoms with Gasteiger partial charge in [0.05, 0.1) is 0 Å². The van der Waals surface area contributed by atoms with Gasteiger partial charge in [-0.2, -0.15) is 0 Å². The van der Waals surface area contributed by atoms with Crippen LogP contribution >= 0.6 is 0 Å². The second-order valence-corrected chi connectivity index (χ2v) is 0.770. The smallest absolute Gasteiger partial charge is 0.123 e. The number of hydrogen-bond acceptors (Lipinski definition) is 2. The third-order valence-electron chi connectivity index (χ3n) is 0.187. The van der Waals surface area contributed by atoms with Crippen molar-refractivity contribution in [2.24, 2.45) is 0 Å². The molecule has 0 amide bonds. The molecule has 0 aromatic carbocycles. The SMILES string of the molecule is CC(O)=CO. The van der Waals surface area contributed by atoms with E-state index in [1.54, 1.807) is 0 Å². The minimum Gasteiger partial charge on any atom is -0.512 e. The lowest BCUT2D eigenvalue weighted by Gasteiger charge is -1.74. The molecule has 5 heavy (non-hydrogen) atoms. The molecule has 0 saturated carbocycles. The molecule has 2 heteroatoms. The van der Waals surface area contributed by atoms with Crippen LogP contribution in [0.5, 0.6) is 0 Å². The van der Waals surface area contributed by atoms with Crippen molar-refractivity contribution < 1.29 is 10.2 Å². The monoisotopic (exact) mass is 74.0 g/mol. The van der Waals surface area contributed by atoms with Crippen molar-refractivity contribution in [3.8, 4) is 0 Å². The molecule has 0 radical (unpaired) electrons. The molecule has 0 rings (SSSR count). The summed E-state index contributed by atoms with van der Waals surface area (Å²) in [4.78, 5) is 0. The van der Waals surface area contributed by atoms with Crippen LogP contribution in [0.15, 0.2) is 12.0 Å². The maximum atomic E-state index is 7.97. The Morgan fingerprint density at radius 2 is 2.00 bits per heavy atom. The van der Waals surface area contributed by atoms with Crippen LogP contribution in [0.2, 0.25) is 0 Å². The van der Waals surface area contributed by atoms with E-state index in [0.717, 1.165) is 0 Å². The van der Waals surface area contributed by atoms with Crippen LogP contribution in [0.3, 0.4) is 0 Å². The van der Waals surface area contributed by atoms with E-state index in [4.69, 9.17) is 10.2 Å². The summed E-state index contributed by atoms with van der Waals surface area (Å²) in [5, 5.41) is 15.7. The maximum Gasteiger partial charge on any atom is 0.123 e. The topological polar surface area (TPSA) is 40.5 Å². The van der Waals surface area contributed by atoms with E-state index in [1.165, 1.54) is 6.92 Å². The van der Waals surface area contributed by atoms with Gasteiger partial charge in [-0.05, 0) is 6.92 Å². The molecule has 0 aromatic heterocycles. The Kier molecular flexibility index (Phi) is 1.42. The highest BCUT2D eigenvalue weighted by atomic mass is 16.3. The third kappa shape index (κ3) is 3.34. The lowest BCUT2D eigenvalue weighted by atomic mass is 10.7.